The number of unbranched alkanes of at least 4 members (excludes halogenated alkanes) is 4. The molecule has 2 nitrogen and oxygen atoms in total. The molecule has 0 atom stereocenters. The van der Waals surface area contributed by atoms with Crippen LogP contribution >= 0.6 is 0 Å². The van der Waals surface area contributed by atoms with Crippen LogP contribution in [0.25, 0.3) is 0 Å². The van der Waals surface area contributed by atoms with Crippen LogP contribution in [-0.2, 0) is 24.3 Å². The Balaban J connectivity index is -0.000000405. The molecule has 0 aliphatic carbocycles. The maximum absolute atomic E-state index is 10.0. The van der Waals surface area contributed by atoms with Gasteiger partial charge in [0.15, 0.2) is 0 Å². The molecule has 0 bridgehead atoms. The summed E-state index contributed by atoms with van der Waals surface area (Å²) >= 11 is 0. The third kappa shape index (κ3) is 17.2. The Morgan fingerprint density at radius 1 is 1.17 bits per heavy atom. The van der Waals surface area contributed by atoms with E-state index in [1.54, 1.807) is 0 Å². The summed E-state index contributed by atoms with van der Waals surface area (Å²) in [5.74, 6) is -0.670. The van der Waals surface area contributed by atoms with E-state index in [-0.39, 0.29) is 45.7 Å². The van der Waals surface area contributed by atoms with Gasteiger partial charge >= 0.3 is 32.2 Å². The summed E-state index contributed by atoms with van der Waals surface area (Å²) in [4.78, 5) is 10.0. The third-order valence-corrected chi connectivity index (χ3v) is 1.49. The topological polar surface area (TPSA) is 37.3 Å². The number of carboxylic acids is 1. The van der Waals surface area contributed by atoms with Gasteiger partial charge in [-0.25, -0.2) is 0 Å². The predicted molar refractivity (Wildman–Crippen MR) is 51.0 cm³/mol. The van der Waals surface area contributed by atoms with Gasteiger partial charge in [0.05, 0.1) is 0 Å². The fourth-order valence-corrected chi connectivity index (χ4v) is 0.880. The molecule has 0 spiro atoms. The molecule has 12 heavy (non-hydrogen) atoms. The van der Waals surface area contributed by atoms with Gasteiger partial charge in [-0.15, -0.1) is 0 Å². The summed E-state index contributed by atoms with van der Waals surface area (Å²) in [6, 6.07) is 0. The van der Waals surface area contributed by atoms with E-state index in [2.05, 4.69) is 6.92 Å². The minimum Gasteiger partial charge on any atom is 0 e. The van der Waals surface area contributed by atoms with Gasteiger partial charge in [-0.3, -0.25) is 4.79 Å². The average molecular weight is 422 g/mol. The molecule has 0 saturated heterocycles. The SMILES string of the molecule is CCCCCCCC(=O)O.[BiH3].[Zn]. The van der Waals surface area contributed by atoms with Crippen LogP contribution in [0.1, 0.15) is 45.4 Å². The molecule has 0 amide bonds. The van der Waals surface area contributed by atoms with Crippen LogP contribution < -0.4 is 0 Å². The monoisotopic (exact) mass is 420 g/mol. The van der Waals surface area contributed by atoms with Crippen molar-refractivity contribution >= 4 is 32.2 Å². The van der Waals surface area contributed by atoms with Gasteiger partial charge in [-0.2, -0.15) is 0 Å². The number of rotatable bonds is 6. The number of aliphatic carboxylic acids is 1. The molecule has 1 N–H and O–H groups in total. The maximum Gasteiger partial charge on any atom is 0 e. The first-order valence-electron chi connectivity index (χ1n) is 3.99. The molecule has 0 aromatic carbocycles. The average Bonchev–Trinajstić information content (AvgIpc) is 1.87. The van der Waals surface area contributed by atoms with Crippen LogP contribution in [0.3, 0.4) is 0 Å². The van der Waals surface area contributed by atoms with Crippen LogP contribution in [0.15, 0.2) is 0 Å². The van der Waals surface area contributed by atoms with Crippen LogP contribution in [-0.4, -0.2) is 37.3 Å². The molecule has 0 aliphatic heterocycles. The van der Waals surface area contributed by atoms with E-state index in [4.69, 9.17) is 5.11 Å². The van der Waals surface area contributed by atoms with Crippen molar-refractivity contribution in [2.75, 3.05) is 0 Å². The van der Waals surface area contributed by atoms with Crippen LogP contribution in [0.5, 0.6) is 0 Å². The first-order valence-corrected chi connectivity index (χ1v) is 3.99. The van der Waals surface area contributed by atoms with Crippen LogP contribution in [0.2, 0.25) is 0 Å². The first-order chi connectivity index (χ1) is 4.77. The van der Waals surface area contributed by atoms with Gasteiger partial charge in [-0.05, 0) is 6.42 Å². The maximum atomic E-state index is 10.0. The Labute approximate surface area is 106 Å². The smallest absolute Gasteiger partial charge is 0 e. The summed E-state index contributed by atoms with van der Waals surface area (Å²) < 4.78 is 0. The van der Waals surface area contributed by atoms with Gasteiger partial charge in [0.2, 0.25) is 0 Å². The Hall–Kier alpha value is 0.976. The van der Waals surface area contributed by atoms with Gasteiger partial charge in [0.1, 0.15) is 0 Å². The van der Waals surface area contributed by atoms with E-state index < -0.39 is 5.97 Å². The first kappa shape index (κ1) is 18.7. The van der Waals surface area contributed by atoms with Crippen molar-refractivity contribution in [1.29, 1.82) is 0 Å². The Morgan fingerprint density at radius 2 is 1.67 bits per heavy atom. The van der Waals surface area contributed by atoms with E-state index in [1.807, 2.05) is 0 Å². The van der Waals surface area contributed by atoms with Gasteiger partial charge in [0.25, 0.3) is 0 Å². The number of hydrogen-bond donors (Lipinski definition) is 1. The molecular formula is C8H19BiO2Zn. The van der Waals surface area contributed by atoms with E-state index in [0.717, 1.165) is 12.8 Å². The summed E-state index contributed by atoms with van der Waals surface area (Å²) in [7, 11) is 0. The molecule has 4 heteroatoms. The number of carboxylic acid groups (broad SMARTS) is 1. The molecule has 0 aromatic rings. The van der Waals surface area contributed by atoms with E-state index in [0.29, 0.717) is 6.42 Å². The minimum absolute atomic E-state index is 0. The fraction of sp³-hybridized carbons (Fsp3) is 0.875. The standard InChI is InChI=1S/C8H16O2.Bi.Zn.3H/c1-2-3-4-5-6-7-8(9)10;;;;;/h2-7H2,1H3,(H,9,10);;;;;. The summed E-state index contributed by atoms with van der Waals surface area (Å²) in [6.07, 6.45) is 5.88. The molecule has 0 rings (SSSR count). The molecule has 70 valence electrons. The fourth-order valence-electron chi connectivity index (χ4n) is 0.880. The van der Waals surface area contributed by atoms with Crippen LogP contribution in [0, 0.1) is 0 Å². The number of hydrogen-bond acceptors (Lipinski definition) is 1. The van der Waals surface area contributed by atoms with Crippen molar-refractivity contribution in [1.82, 2.24) is 0 Å². The van der Waals surface area contributed by atoms with Gasteiger partial charge in [-0.1, -0.05) is 32.6 Å². The third-order valence-electron chi connectivity index (χ3n) is 1.49. The second-order valence-electron chi connectivity index (χ2n) is 2.56. The van der Waals surface area contributed by atoms with Crippen molar-refractivity contribution < 1.29 is 29.4 Å². The Kier molecular flexibility index (Phi) is 22.6. The zero-order chi connectivity index (χ0) is 7.82. The van der Waals surface area contributed by atoms with Crippen molar-refractivity contribution in [3.8, 4) is 0 Å². The molecule has 0 aromatic heterocycles. The zero-order valence-electron chi connectivity index (χ0n) is 8.01. The summed E-state index contributed by atoms with van der Waals surface area (Å²) in [5.41, 5.74) is 0. The van der Waals surface area contributed by atoms with Gasteiger partial charge in [0, 0.05) is 25.9 Å². The minimum atomic E-state index is -0.670. The van der Waals surface area contributed by atoms with Crippen molar-refractivity contribution in [3.63, 3.8) is 0 Å². The second kappa shape index (κ2) is 14.5. The molecular weight excluding hydrogens is 402 g/mol. The molecule has 0 fully saturated rings. The molecule has 0 radical (unpaired) electrons. The van der Waals surface area contributed by atoms with Gasteiger partial charge < -0.3 is 5.11 Å². The molecule has 0 saturated carbocycles. The Bertz CT molecular complexity index is 99.1. The Morgan fingerprint density at radius 3 is 2.08 bits per heavy atom. The largest absolute Gasteiger partial charge is 0 e. The predicted octanol–water partition coefficient (Wildman–Crippen LogP) is 1.25. The van der Waals surface area contributed by atoms with E-state index >= 15 is 0 Å². The quantitative estimate of drug-likeness (QED) is 0.518. The molecule has 0 aliphatic rings. The second-order valence-corrected chi connectivity index (χ2v) is 2.56. The van der Waals surface area contributed by atoms with E-state index in [9.17, 15) is 4.79 Å². The number of carbonyl (C=O) groups is 1. The van der Waals surface area contributed by atoms with Crippen molar-refractivity contribution in [2.45, 2.75) is 45.4 Å². The zero-order valence-corrected chi connectivity index (χ0v) is 16.5. The van der Waals surface area contributed by atoms with Crippen molar-refractivity contribution in [3.05, 3.63) is 0 Å². The molecule has 0 unspecified atom stereocenters. The summed E-state index contributed by atoms with van der Waals surface area (Å²) in [5, 5.41) is 8.27. The van der Waals surface area contributed by atoms with Crippen LogP contribution in [0.4, 0.5) is 0 Å². The normalized spacial score (nSPS) is 8.08. The molecule has 0 heterocycles. The van der Waals surface area contributed by atoms with E-state index in [1.165, 1.54) is 19.3 Å². The summed E-state index contributed by atoms with van der Waals surface area (Å²) in [6.45, 7) is 2.15. The van der Waals surface area contributed by atoms with Crippen molar-refractivity contribution in [2.24, 2.45) is 0 Å².